The number of carbonyl (C=O) groups excluding carboxylic acids is 2. The molecule has 7 heteroatoms. The van der Waals surface area contributed by atoms with E-state index in [1.165, 1.54) is 30.3 Å². The highest BCUT2D eigenvalue weighted by Gasteiger charge is 2.27. The molecule has 1 unspecified atom stereocenters. The number of hydrogen-bond donors (Lipinski definition) is 2. The van der Waals surface area contributed by atoms with Crippen molar-refractivity contribution in [1.82, 2.24) is 10.4 Å². The average molecular weight is 344 g/mol. The number of hydroxylamine groups is 1. The molecular formula is C18H17FN2O4. The molecule has 130 valence electrons. The number of fused-ring (bicyclic) bond motifs is 1. The van der Waals surface area contributed by atoms with Crippen molar-refractivity contribution in [3.8, 4) is 5.75 Å². The van der Waals surface area contributed by atoms with Crippen LogP contribution in [0.4, 0.5) is 4.39 Å². The van der Waals surface area contributed by atoms with E-state index in [1.807, 2.05) is 6.92 Å². The predicted octanol–water partition coefficient (Wildman–Crippen LogP) is 2.37. The Morgan fingerprint density at radius 1 is 1.20 bits per heavy atom. The summed E-state index contributed by atoms with van der Waals surface area (Å²) in [6.07, 6.45) is 0. The Hall–Kier alpha value is -2.93. The molecule has 0 saturated carbocycles. The molecule has 0 spiro atoms. The minimum absolute atomic E-state index is 0.208. The van der Waals surface area contributed by atoms with Crippen molar-refractivity contribution in [2.75, 3.05) is 6.61 Å². The van der Waals surface area contributed by atoms with Crippen LogP contribution in [-0.2, 0) is 6.54 Å². The van der Waals surface area contributed by atoms with Gasteiger partial charge in [-0.3, -0.25) is 14.8 Å². The van der Waals surface area contributed by atoms with E-state index < -0.39 is 11.7 Å². The first-order chi connectivity index (χ1) is 12.0. The van der Waals surface area contributed by atoms with E-state index in [-0.39, 0.29) is 24.1 Å². The number of hydrogen-bond acceptors (Lipinski definition) is 4. The molecular weight excluding hydrogens is 327 g/mol. The summed E-state index contributed by atoms with van der Waals surface area (Å²) in [5.41, 5.74) is 2.97. The number of rotatable bonds is 2. The maximum absolute atomic E-state index is 13.1. The third-order valence-electron chi connectivity index (χ3n) is 4.14. The largest absolute Gasteiger partial charge is 0.491 e. The zero-order valence-corrected chi connectivity index (χ0v) is 13.5. The molecule has 2 aromatic carbocycles. The molecule has 0 fully saturated rings. The molecule has 1 heterocycles. The molecule has 3 rings (SSSR count). The normalized spacial score (nSPS) is 16.4. The summed E-state index contributed by atoms with van der Waals surface area (Å²) in [6, 6.07) is 9.95. The maximum atomic E-state index is 13.1. The second-order valence-electron chi connectivity index (χ2n) is 5.86. The minimum Gasteiger partial charge on any atom is -0.491 e. The first-order valence-electron chi connectivity index (χ1n) is 7.76. The number of nitrogens with zero attached hydrogens (tertiary/aromatic N) is 1. The van der Waals surface area contributed by atoms with Gasteiger partial charge in [-0.25, -0.2) is 9.87 Å². The number of ether oxygens (including phenoxy) is 1. The standard InChI is InChI=1S/C18H17FN2O4/c1-11-10-25-16-8-13(17(22)20-24)2-3-14(16)9-21(11)18(23)12-4-6-15(19)7-5-12/h2-8,11,24H,9-10H2,1H3,(H,20,22). The monoisotopic (exact) mass is 344 g/mol. The smallest absolute Gasteiger partial charge is 0.274 e. The van der Waals surface area contributed by atoms with Gasteiger partial charge in [-0.1, -0.05) is 6.07 Å². The lowest BCUT2D eigenvalue weighted by Crippen LogP contribution is -2.39. The van der Waals surface area contributed by atoms with E-state index in [0.717, 1.165) is 5.56 Å². The fraction of sp³-hybridized carbons (Fsp3) is 0.222. The average Bonchev–Trinajstić information content (AvgIpc) is 2.79. The summed E-state index contributed by atoms with van der Waals surface area (Å²) >= 11 is 0. The topological polar surface area (TPSA) is 78.9 Å². The predicted molar refractivity (Wildman–Crippen MR) is 86.9 cm³/mol. The Morgan fingerprint density at radius 3 is 2.56 bits per heavy atom. The van der Waals surface area contributed by atoms with Crippen molar-refractivity contribution in [3.05, 3.63) is 65.0 Å². The lowest BCUT2D eigenvalue weighted by Gasteiger charge is -2.26. The van der Waals surface area contributed by atoms with E-state index in [0.29, 0.717) is 17.9 Å². The van der Waals surface area contributed by atoms with Crippen LogP contribution in [0.15, 0.2) is 42.5 Å². The van der Waals surface area contributed by atoms with Crippen LogP contribution in [0.3, 0.4) is 0 Å². The molecule has 1 aliphatic rings. The van der Waals surface area contributed by atoms with Crippen molar-refractivity contribution in [2.45, 2.75) is 19.5 Å². The Kier molecular flexibility index (Phi) is 4.67. The molecule has 2 aromatic rings. The highest BCUT2D eigenvalue weighted by molar-refractivity contribution is 5.95. The fourth-order valence-corrected chi connectivity index (χ4v) is 2.70. The number of carbonyl (C=O) groups is 2. The van der Waals surface area contributed by atoms with Gasteiger partial charge in [0.2, 0.25) is 0 Å². The number of benzene rings is 2. The summed E-state index contributed by atoms with van der Waals surface area (Å²) in [6.45, 7) is 2.41. The van der Waals surface area contributed by atoms with E-state index in [2.05, 4.69) is 0 Å². The van der Waals surface area contributed by atoms with Crippen molar-refractivity contribution in [3.63, 3.8) is 0 Å². The van der Waals surface area contributed by atoms with Crippen molar-refractivity contribution < 1.29 is 23.9 Å². The first-order valence-corrected chi connectivity index (χ1v) is 7.76. The van der Waals surface area contributed by atoms with Crippen molar-refractivity contribution in [2.24, 2.45) is 0 Å². The van der Waals surface area contributed by atoms with Crippen molar-refractivity contribution >= 4 is 11.8 Å². The van der Waals surface area contributed by atoms with Crippen LogP contribution in [0.25, 0.3) is 0 Å². The van der Waals surface area contributed by atoms with Gasteiger partial charge in [-0.15, -0.1) is 0 Å². The molecule has 0 saturated heterocycles. The van der Waals surface area contributed by atoms with Crippen LogP contribution in [-0.4, -0.2) is 34.6 Å². The van der Waals surface area contributed by atoms with Crippen LogP contribution < -0.4 is 10.2 Å². The molecule has 6 nitrogen and oxygen atoms in total. The van der Waals surface area contributed by atoms with E-state index in [9.17, 15) is 14.0 Å². The number of nitrogens with one attached hydrogen (secondary N) is 1. The molecule has 0 radical (unpaired) electrons. The Balaban J connectivity index is 1.88. The second kappa shape index (κ2) is 6.90. The number of halogens is 1. The third-order valence-corrected chi connectivity index (χ3v) is 4.14. The minimum atomic E-state index is -0.636. The molecule has 1 aliphatic heterocycles. The zero-order valence-electron chi connectivity index (χ0n) is 13.5. The van der Waals surface area contributed by atoms with Gasteiger partial charge < -0.3 is 9.64 Å². The SMILES string of the molecule is CC1COc2cc(C(=O)NO)ccc2CN1C(=O)c1ccc(F)cc1. The lowest BCUT2D eigenvalue weighted by molar-refractivity contribution is 0.0645. The summed E-state index contributed by atoms with van der Waals surface area (Å²) < 4.78 is 18.8. The second-order valence-corrected chi connectivity index (χ2v) is 5.86. The van der Waals surface area contributed by atoms with Gasteiger partial charge in [0, 0.05) is 16.7 Å². The molecule has 25 heavy (non-hydrogen) atoms. The first kappa shape index (κ1) is 16.9. The molecule has 0 aromatic heterocycles. The summed E-state index contributed by atoms with van der Waals surface area (Å²) in [4.78, 5) is 25.9. The van der Waals surface area contributed by atoms with Gasteiger partial charge in [-0.2, -0.15) is 0 Å². The van der Waals surface area contributed by atoms with E-state index in [1.54, 1.807) is 22.5 Å². The fourth-order valence-electron chi connectivity index (χ4n) is 2.70. The van der Waals surface area contributed by atoms with Crippen LogP contribution in [0.5, 0.6) is 5.75 Å². The summed E-state index contributed by atoms with van der Waals surface area (Å²) in [5.74, 6) is -0.768. The molecule has 2 N–H and O–H groups in total. The molecule has 2 amide bonds. The van der Waals surface area contributed by atoms with Gasteiger partial charge in [0.1, 0.15) is 18.2 Å². The molecule has 1 atom stereocenters. The zero-order chi connectivity index (χ0) is 18.0. The Bertz CT molecular complexity index is 807. The van der Waals surface area contributed by atoms with Gasteiger partial charge in [0.15, 0.2) is 0 Å². The highest BCUT2D eigenvalue weighted by atomic mass is 19.1. The molecule has 0 aliphatic carbocycles. The number of amides is 2. The third kappa shape index (κ3) is 3.46. The highest BCUT2D eigenvalue weighted by Crippen LogP contribution is 2.27. The summed E-state index contributed by atoms with van der Waals surface area (Å²) in [5, 5.41) is 8.73. The van der Waals surface area contributed by atoms with Crippen LogP contribution in [0.1, 0.15) is 33.2 Å². The van der Waals surface area contributed by atoms with E-state index >= 15 is 0 Å². The van der Waals surface area contributed by atoms with Crippen molar-refractivity contribution in [1.29, 1.82) is 0 Å². The van der Waals surface area contributed by atoms with Crippen LogP contribution in [0, 0.1) is 5.82 Å². The Morgan fingerprint density at radius 2 is 1.88 bits per heavy atom. The van der Waals surface area contributed by atoms with Gasteiger partial charge in [0.05, 0.1) is 12.6 Å². The van der Waals surface area contributed by atoms with E-state index in [4.69, 9.17) is 9.94 Å². The van der Waals surface area contributed by atoms with Crippen LogP contribution in [0.2, 0.25) is 0 Å². The van der Waals surface area contributed by atoms with Gasteiger partial charge in [-0.05, 0) is 43.3 Å². The van der Waals surface area contributed by atoms with Crippen LogP contribution >= 0.6 is 0 Å². The summed E-state index contributed by atoms with van der Waals surface area (Å²) in [7, 11) is 0. The van der Waals surface area contributed by atoms with Gasteiger partial charge >= 0.3 is 0 Å². The van der Waals surface area contributed by atoms with Gasteiger partial charge in [0.25, 0.3) is 11.8 Å². The maximum Gasteiger partial charge on any atom is 0.274 e. The quantitative estimate of drug-likeness (QED) is 0.648. The Labute approximate surface area is 143 Å². The molecule has 0 bridgehead atoms. The lowest BCUT2D eigenvalue weighted by atomic mass is 10.1.